The molecular weight excluding hydrogens is 420 g/mol. The van der Waals surface area contributed by atoms with E-state index in [1.54, 1.807) is 0 Å². The van der Waals surface area contributed by atoms with Crippen LogP contribution < -0.4 is 0 Å². The number of piperidine rings is 2. The fraction of sp³-hybridized carbons (Fsp3) is 1.00. The van der Waals surface area contributed by atoms with Crippen molar-refractivity contribution in [2.75, 3.05) is 26.2 Å². The summed E-state index contributed by atoms with van der Waals surface area (Å²) in [4.78, 5) is 5.40. The van der Waals surface area contributed by atoms with E-state index in [2.05, 4.69) is 23.6 Å². The van der Waals surface area contributed by atoms with Gasteiger partial charge in [0.15, 0.2) is 0 Å². The van der Waals surface area contributed by atoms with Crippen LogP contribution in [0.15, 0.2) is 0 Å². The minimum Gasteiger partial charge on any atom is -0.359 e. The number of rotatable bonds is 0. The molecule has 0 saturated carbocycles. The Morgan fingerprint density at radius 2 is 0.853 bits per heavy atom. The van der Waals surface area contributed by atoms with Gasteiger partial charge in [-0.3, -0.25) is 9.80 Å². The van der Waals surface area contributed by atoms with E-state index >= 15 is 0 Å². The van der Waals surface area contributed by atoms with E-state index in [4.69, 9.17) is 9.47 Å². The first-order chi connectivity index (χ1) is 16.7. The Labute approximate surface area is 210 Å². The highest BCUT2D eigenvalue weighted by Gasteiger charge is 2.41. The SMILES string of the molecule is C[C@@H]1CN2CCC[C@H]3CCCCCC[C@H]4O[C@H]5[C@H](CCCCCC[C@H]1O[C@@H]32)CCCN5C[C@H]4C. The van der Waals surface area contributed by atoms with Crippen molar-refractivity contribution in [3.8, 4) is 0 Å². The molecule has 5 aliphatic heterocycles. The standard InChI is InChI=1S/C30H54N2O2/c1-23-21-31-19-11-15-25-13-8-4-6-10-18-28-24(2)22-32-20-12-16-26(30(32)34-28)14-7-3-5-9-17-27(23)33-29(25)31/h23-30H,3-22H2,1-2H3/t23-,24-,25-,26-,27-,28-,29+,30+/m1/s1. The van der Waals surface area contributed by atoms with Crippen molar-refractivity contribution in [2.45, 2.75) is 141 Å². The van der Waals surface area contributed by atoms with Gasteiger partial charge >= 0.3 is 0 Å². The van der Waals surface area contributed by atoms with Crippen LogP contribution in [0.2, 0.25) is 0 Å². The zero-order valence-corrected chi connectivity index (χ0v) is 22.5. The predicted molar refractivity (Wildman–Crippen MR) is 140 cm³/mol. The molecule has 4 nitrogen and oxygen atoms in total. The van der Waals surface area contributed by atoms with E-state index in [9.17, 15) is 0 Å². The molecule has 0 spiro atoms. The molecule has 5 aliphatic rings. The van der Waals surface area contributed by atoms with Gasteiger partial charge in [0, 0.05) is 26.2 Å². The Balaban J connectivity index is 1.19. The molecule has 196 valence electrons. The number of fused-ring (bicyclic) bond motifs is 2. The Morgan fingerprint density at radius 3 is 1.29 bits per heavy atom. The molecule has 0 unspecified atom stereocenters. The van der Waals surface area contributed by atoms with Gasteiger partial charge in [0.25, 0.3) is 0 Å². The predicted octanol–water partition coefficient (Wildman–Crippen LogP) is 6.83. The maximum absolute atomic E-state index is 6.87. The van der Waals surface area contributed by atoms with Gasteiger partial charge < -0.3 is 9.47 Å². The van der Waals surface area contributed by atoms with Crippen molar-refractivity contribution in [1.29, 1.82) is 0 Å². The first kappa shape index (κ1) is 25.5. The second-order valence-corrected chi connectivity index (χ2v) is 12.9. The van der Waals surface area contributed by atoms with Crippen LogP contribution in [-0.4, -0.2) is 60.6 Å². The molecule has 34 heavy (non-hydrogen) atoms. The summed E-state index contributed by atoms with van der Waals surface area (Å²) in [6, 6.07) is 0. The monoisotopic (exact) mass is 474 g/mol. The third-order valence-electron chi connectivity index (χ3n) is 10.1. The van der Waals surface area contributed by atoms with Crippen LogP contribution in [0, 0.1) is 23.7 Å². The summed E-state index contributed by atoms with van der Waals surface area (Å²) in [5.74, 6) is 2.93. The summed E-state index contributed by atoms with van der Waals surface area (Å²) in [5, 5.41) is 0. The number of nitrogens with zero attached hydrogens (tertiary/aromatic N) is 2. The summed E-state index contributed by atoms with van der Waals surface area (Å²) in [6.07, 6.45) is 23.7. The van der Waals surface area contributed by atoms with Crippen molar-refractivity contribution in [2.24, 2.45) is 23.7 Å². The molecule has 0 radical (unpaired) electrons. The Morgan fingerprint density at radius 1 is 0.471 bits per heavy atom. The lowest BCUT2D eigenvalue weighted by Gasteiger charge is -2.49. The zero-order chi connectivity index (χ0) is 23.3. The van der Waals surface area contributed by atoms with Crippen LogP contribution in [0.3, 0.4) is 0 Å². The highest BCUT2D eigenvalue weighted by atomic mass is 16.5. The van der Waals surface area contributed by atoms with Crippen LogP contribution in [0.1, 0.15) is 117 Å². The lowest BCUT2D eigenvalue weighted by atomic mass is 9.85. The summed E-state index contributed by atoms with van der Waals surface area (Å²) >= 11 is 0. The molecule has 5 saturated heterocycles. The maximum atomic E-state index is 6.87. The first-order valence-electron chi connectivity index (χ1n) is 15.5. The molecule has 4 heteroatoms. The minimum atomic E-state index is 0.420. The van der Waals surface area contributed by atoms with Crippen molar-refractivity contribution in [3.05, 3.63) is 0 Å². The zero-order valence-electron chi connectivity index (χ0n) is 22.5. The molecule has 0 N–H and O–H groups in total. The molecule has 5 heterocycles. The second-order valence-electron chi connectivity index (χ2n) is 12.9. The smallest absolute Gasteiger partial charge is 0.113 e. The Kier molecular flexibility index (Phi) is 9.29. The molecule has 5 fully saturated rings. The average molecular weight is 475 g/mol. The van der Waals surface area contributed by atoms with Gasteiger partial charge in [-0.05, 0) is 75.0 Å². The van der Waals surface area contributed by atoms with Gasteiger partial charge in [-0.15, -0.1) is 0 Å². The Hall–Kier alpha value is -0.160. The highest BCUT2D eigenvalue weighted by Crippen LogP contribution is 2.38. The molecule has 0 amide bonds. The molecule has 8 atom stereocenters. The summed E-state index contributed by atoms with van der Waals surface area (Å²) in [6.45, 7) is 9.94. The van der Waals surface area contributed by atoms with Crippen molar-refractivity contribution in [1.82, 2.24) is 9.80 Å². The molecule has 0 aromatic rings. The van der Waals surface area contributed by atoms with Crippen molar-refractivity contribution >= 4 is 0 Å². The van der Waals surface area contributed by atoms with Crippen LogP contribution >= 0.6 is 0 Å². The van der Waals surface area contributed by atoms with Gasteiger partial charge in [0.1, 0.15) is 12.5 Å². The van der Waals surface area contributed by atoms with E-state index in [-0.39, 0.29) is 0 Å². The largest absolute Gasteiger partial charge is 0.359 e. The number of ether oxygens (including phenoxy) is 2. The number of hydrogen-bond donors (Lipinski definition) is 0. The fourth-order valence-electron chi connectivity index (χ4n) is 8.13. The van der Waals surface area contributed by atoms with Crippen molar-refractivity contribution < 1.29 is 9.47 Å². The maximum Gasteiger partial charge on any atom is 0.113 e. The van der Waals surface area contributed by atoms with E-state index in [1.807, 2.05) is 0 Å². The second kappa shape index (κ2) is 12.4. The van der Waals surface area contributed by atoms with Crippen LogP contribution in [0.25, 0.3) is 0 Å². The molecule has 0 aromatic heterocycles. The lowest BCUT2D eigenvalue weighted by molar-refractivity contribution is -0.202. The first-order valence-corrected chi connectivity index (χ1v) is 15.5. The van der Waals surface area contributed by atoms with Gasteiger partial charge in [0.2, 0.25) is 0 Å². The van der Waals surface area contributed by atoms with Gasteiger partial charge in [-0.2, -0.15) is 0 Å². The van der Waals surface area contributed by atoms with Crippen LogP contribution in [0.4, 0.5) is 0 Å². The highest BCUT2D eigenvalue weighted by molar-refractivity contribution is 4.88. The van der Waals surface area contributed by atoms with E-state index < -0.39 is 0 Å². The van der Waals surface area contributed by atoms with Gasteiger partial charge in [0.05, 0.1) is 12.2 Å². The van der Waals surface area contributed by atoms with Crippen molar-refractivity contribution in [3.63, 3.8) is 0 Å². The molecule has 5 rings (SSSR count). The topological polar surface area (TPSA) is 24.9 Å². The molecule has 4 bridgehead atoms. The fourth-order valence-corrected chi connectivity index (χ4v) is 8.13. The quantitative estimate of drug-likeness (QED) is 0.384. The molecular formula is C30H54N2O2. The lowest BCUT2D eigenvalue weighted by Crippen LogP contribution is -2.56. The molecule has 0 aliphatic carbocycles. The summed E-state index contributed by atoms with van der Waals surface area (Å²) in [7, 11) is 0. The normalized spacial score (nSPS) is 44.3. The third kappa shape index (κ3) is 6.21. The number of hydrogen-bond acceptors (Lipinski definition) is 4. The van der Waals surface area contributed by atoms with Gasteiger partial charge in [-0.1, -0.05) is 65.2 Å². The Bertz CT molecular complexity index is 563. The van der Waals surface area contributed by atoms with Crippen LogP contribution in [-0.2, 0) is 9.47 Å². The van der Waals surface area contributed by atoms with Crippen LogP contribution in [0.5, 0.6) is 0 Å². The van der Waals surface area contributed by atoms with E-state index in [0.717, 1.165) is 11.8 Å². The minimum absolute atomic E-state index is 0.420. The molecule has 0 aromatic carbocycles. The summed E-state index contributed by atoms with van der Waals surface area (Å²) < 4.78 is 13.7. The van der Waals surface area contributed by atoms with E-state index in [1.165, 1.54) is 129 Å². The van der Waals surface area contributed by atoms with E-state index in [0.29, 0.717) is 36.5 Å². The van der Waals surface area contributed by atoms with Gasteiger partial charge in [-0.25, -0.2) is 0 Å². The summed E-state index contributed by atoms with van der Waals surface area (Å²) in [5.41, 5.74) is 0. The third-order valence-corrected chi connectivity index (χ3v) is 10.1. The average Bonchev–Trinajstić information content (AvgIpc) is 2.83.